The molecule has 0 radical (unpaired) electrons. The summed E-state index contributed by atoms with van der Waals surface area (Å²) in [5.41, 5.74) is -0.677. The Morgan fingerprint density at radius 1 is 1.12 bits per heavy atom. The van der Waals surface area contributed by atoms with Crippen molar-refractivity contribution in [2.75, 3.05) is 31.2 Å². The Balaban J connectivity index is 0.00000208. The summed E-state index contributed by atoms with van der Waals surface area (Å²) in [6, 6.07) is 0. The molecule has 138 valence electrons. The number of morpholine rings is 1. The third-order valence-corrected chi connectivity index (χ3v) is 5.13. The van der Waals surface area contributed by atoms with Gasteiger partial charge in [0, 0.05) is 37.0 Å². The van der Waals surface area contributed by atoms with Crippen LogP contribution in [0.5, 0.6) is 5.88 Å². The standard InChI is InChI=1S/C15H26N4O3S.ClH/c1-14(2)9-11(10-15(3,4)19(14)20)22-13-12(16-23-17-13)18-5-7-21-8-6-18;/h11,20H,5-10H2,1-4H3;1H. The number of hydroxylamine groups is 2. The first kappa shape index (κ1) is 19.7. The molecule has 24 heavy (non-hydrogen) atoms. The first-order valence-electron chi connectivity index (χ1n) is 8.11. The van der Waals surface area contributed by atoms with Crippen LogP contribution < -0.4 is 9.64 Å². The van der Waals surface area contributed by atoms with Crippen molar-refractivity contribution in [1.29, 1.82) is 0 Å². The van der Waals surface area contributed by atoms with Crippen molar-refractivity contribution >= 4 is 30.0 Å². The molecular formula is C15H27ClN4O3S. The second-order valence-corrected chi connectivity index (χ2v) is 8.11. The first-order chi connectivity index (χ1) is 10.8. The molecule has 2 fully saturated rings. The van der Waals surface area contributed by atoms with Gasteiger partial charge in [-0.15, -0.1) is 16.8 Å². The van der Waals surface area contributed by atoms with Crippen LogP contribution in [0.1, 0.15) is 40.5 Å². The predicted octanol–water partition coefficient (Wildman–Crippen LogP) is 2.59. The van der Waals surface area contributed by atoms with Crippen molar-refractivity contribution in [3.05, 3.63) is 0 Å². The summed E-state index contributed by atoms with van der Waals surface area (Å²) in [6.07, 6.45) is 1.49. The van der Waals surface area contributed by atoms with E-state index in [4.69, 9.17) is 9.47 Å². The monoisotopic (exact) mass is 378 g/mol. The van der Waals surface area contributed by atoms with Gasteiger partial charge in [-0.05, 0) is 27.7 Å². The molecule has 0 bridgehead atoms. The van der Waals surface area contributed by atoms with Gasteiger partial charge in [-0.1, -0.05) is 0 Å². The zero-order chi connectivity index (χ0) is 16.7. The molecule has 9 heteroatoms. The molecule has 0 aliphatic carbocycles. The lowest BCUT2D eigenvalue weighted by atomic mass is 9.80. The van der Waals surface area contributed by atoms with Gasteiger partial charge >= 0.3 is 0 Å². The van der Waals surface area contributed by atoms with E-state index in [1.165, 1.54) is 16.8 Å². The van der Waals surface area contributed by atoms with Gasteiger partial charge in [-0.25, -0.2) is 0 Å². The minimum Gasteiger partial charge on any atom is -0.471 e. The van der Waals surface area contributed by atoms with Crippen LogP contribution in [0.4, 0.5) is 5.82 Å². The Labute approximate surface area is 153 Å². The van der Waals surface area contributed by atoms with Crippen LogP contribution in [0, 0.1) is 0 Å². The van der Waals surface area contributed by atoms with E-state index in [-0.39, 0.29) is 29.6 Å². The molecule has 0 aromatic carbocycles. The van der Waals surface area contributed by atoms with E-state index in [9.17, 15) is 5.21 Å². The third kappa shape index (κ3) is 3.94. The van der Waals surface area contributed by atoms with Crippen molar-refractivity contribution in [3.8, 4) is 5.88 Å². The Kier molecular flexibility index (Phi) is 5.97. The van der Waals surface area contributed by atoms with E-state index in [2.05, 4.69) is 13.6 Å². The summed E-state index contributed by atoms with van der Waals surface area (Å²) < 4.78 is 20.4. The molecule has 2 aliphatic rings. The summed E-state index contributed by atoms with van der Waals surface area (Å²) in [5, 5.41) is 11.9. The van der Waals surface area contributed by atoms with E-state index >= 15 is 0 Å². The van der Waals surface area contributed by atoms with E-state index in [0.717, 1.165) is 31.7 Å². The zero-order valence-corrected chi connectivity index (χ0v) is 16.3. The number of ether oxygens (including phenoxy) is 2. The van der Waals surface area contributed by atoms with Crippen molar-refractivity contribution in [1.82, 2.24) is 13.8 Å². The molecule has 2 aliphatic heterocycles. The van der Waals surface area contributed by atoms with Gasteiger partial charge in [0.25, 0.3) is 5.88 Å². The lowest BCUT2D eigenvalue weighted by Gasteiger charge is -2.51. The van der Waals surface area contributed by atoms with Gasteiger partial charge in [0.15, 0.2) is 0 Å². The van der Waals surface area contributed by atoms with Crippen LogP contribution in [-0.2, 0) is 4.74 Å². The van der Waals surface area contributed by atoms with Crippen molar-refractivity contribution in [2.24, 2.45) is 0 Å². The first-order valence-corrected chi connectivity index (χ1v) is 8.84. The van der Waals surface area contributed by atoms with Crippen molar-refractivity contribution < 1.29 is 14.7 Å². The summed E-state index contributed by atoms with van der Waals surface area (Å²) >= 11 is 1.18. The Morgan fingerprint density at radius 2 is 1.71 bits per heavy atom. The maximum absolute atomic E-state index is 10.4. The minimum absolute atomic E-state index is 0. The average molecular weight is 379 g/mol. The predicted molar refractivity (Wildman–Crippen MR) is 95.6 cm³/mol. The third-order valence-electron chi connectivity index (χ3n) is 4.63. The van der Waals surface area contributed by atoms with Gasteiger partial charge in [0.1, 0.15) is 6.10 Å². The highest BCUT2D eigenvalue weighted by atomic mass is 35.5. The normalized spacial score (nSPS) is 24.5. The summed E-state index contributed by atoms with van der Waals surface area (Å²) in [5.74, 6) is 1.43. The number of aromatic nitrogens is 2. The summed E-state index contributed by atoms with van der Waals surface area (Å²) in [7, 11) is 0. The highest BCUT2D eigenvalue weighted by Gasteiger charge is 2.46. The summed E-state index contributed by atoms with van der Waals surface area (Å²) in [6.45, 7) is 11.2. The topological polar surface area (TPSA) is 71.0 Å². The number of piperidine rings is 1. The maximum Gasteiger partial charge on any atom is 0.271 e. The number of nitrogens with zero attached hydrogens (tertiary/aromatic N) is 4. The fourth-order valence-electron chi connectivity index (χ4n) is 3.64. The number of halogens is 1. The number of hydrogen-bond donors (Lipinski definition) is 1. The molecule has 2 saturated heterocycles. The molecule has 0 saturated carbocycles. The van der Waals surface area contributed by atoms with Crippen LogP contribution in [0.2, 0.25) is 0 Å². The van der Waals surface area contributed by atoms with Crippen LogP contribution in [0.25, 0.3) is 0 Å². The molecule has 1 N–H and O–H groups in total. The Morgan fingerprint density at radius 3 is 2.29 bits per heavy atom. The second kappa shape index (κ2) is 7.29. The Hall–Kier alpha value is -0.670. The van der Waals surface area contributed by atoms with E-state index in [0.29, 0.717) is 19.1 Å². The second-order valence-electron chi connectivity index (χ2n) is 7.58. The van der Waals surface area contributed by atoms with Gasteiger partial charge in [0.2, 0.25) is 5.82 Å². The fraction of sp³-hybridized carbons (Fsp3) is 0.867. The van der Waals surface area contributed by atoms with Gasteiger partial charge in [-0.2, -0.15) is 9.44 Å². The molecule has 1 aromatic heterocycles. The molecule has 7 nitrogen and oxygen atoms in total. The molecule has 0 amide bonds. The van der Waals surface area contributed by atoms with E-state index in [1.807, 2.05) is 27.7 Å². The molecule has 0 unspecified atom stereocenters. The maximum atomic E-state index is 10.4. The number of rotatable bonds is 3. The van der Waals surface area contributed by atoms with Crippen LogP contribution in [0.15, 0.2) is 0 Å². The molecular weight excluding hydrogens is 352 g/mol. The number of anilines is 1. The molecule has 0 atom stereocenters. The molecule has 1 aromatic rings. The van der Waals surface area contributed by atoms with Crippen molar-refractivity contribution in [2.45, 2.75) is 57.7 Å². The fourth-order valence-corrected chi connectivity index (χ4v) is 4.15. The van der Waals surface area contributed by atoms with E-state index < -0.39 is 0 Å². The largest absolute Gasteiger partial charge is 0.471 e. The van der Waals surface area contributed by atoms with Crippen LogP contribution in [-0.4, -0.2) is 62.5 Å². The Bertz CT molecular complexity index is 531. The van der Waals surface area contributed by atoms with Crippen molar-refractivity contribution in [3.63, 3.8) is 0 Å². The quantitative estimate of drug-likeness (QED) is 0.866. The van der Waals surface area contributed by atoms with Gasteiger partial charge < -0.3 is 19.6 Å². The highest BCUT2D eigenvalue weighted by molar-refractivity contribution is 6.99. The molecule has 3 heterocycles. The van der Waals surface area contributed by atoms with Gasteiger partial charge in [-0.3, -0.25) is 0 Å². The lowest BCUT2D eigenvalue weighted by Crippen LogP contribution is -2.61. The summed E-state index contributed by atoms with van der Waals surface area (Å²) in [4.78, 5) is 2.17. The van der Waals surface area contributed by atoms with Gasteiger partial charge in [0.05, 0.1) is 24.9 Å². The van der Waals surface area contributed by atoms with Crippen LogP contribution >= 0.6 is 24.1 Å². The molecule has 0 spiro atoms. The average Bonchev–Trinajstić information content (AvgIpc) is 2.93. The lowest BCUT2D eigenvalue weighted by molar-refractivity contribution is -0.255. The van der Waals surface area contributed by atoms with Crippen LogP contribution in [0.3, 0.4) is 0 Å². The smallest absolute Gasteiger partial charge is 0.271 e. The number of hydrogen-bond acceptors (Lipinski definition) is 8. The SMILES string of the molecule is CC1(C)CC(Oc2nsnc2N2CCOCC2)CC(C)(C)N1O.Cl. The molecule has 3 rings (SSSR count). The minimum atomic E-state index is -0.338. The zero-order valence-electron chi connectivity index (χ0n) is 14.7. The highest BCUT2D eigenvalue weighted by Crippen LogP contribution is 2.39. The van der Waals surface area contributed by atoms with E-state index in [1.54, 1.807) is 0 Å².